The first kappa shape index (κ1) is 26.8. The Morgan fingerprint density at radius 2 is 1.17 bits per heavy atom. The Morgan fingerprint density at radius 3 is 1.62 bits per heavy atom. The molecule has 0 saturated carbocycles. The van der Waals surface area contributed by atoms with Crippen LogP contribution >= 0.6 is 0 Å². The molecule has 0 bridgehead atoms. The van der Waals surface area contributed by atoms with Crippen LogP contribution in [0.5, 0.6) is 0 Å². The van der Waals surface area contributed by atoms with E-state index in [-0.39, 0.29) is 36.2 Å². The van der Waals surface area contributed by atoms with Crippen molar-refractivity contribution in [2.75, 3.05) is 6.61 Å². The van der Waals surface area contributed by atoms with Gasteiger partial charge in [0.25, 0.3) is 0 Å². The van der Waals surface area contributed by atoms with E-state index in [0.717, 1.165) is 25.7 Å². The molecular formula is C18H35NaO4S. The summed E-state index contributed by atoms with van der Waals surface area (Å²) in [5.74, 6) is 0. The van der Waals surface area contributed by atoms with Crippen LogP contribution in [0.3, 0.4) is 0 Å². The zero-order chi connectivity index (χ0) is 17.2. The van der Waals surface area contributed by atoms with Gasteiger partial charge in [0.1, 0.15) is 0 Å². The van der Waals surface area contributed by atoms with E-state index >= 15 is 0 Å². The minimum atomic E-state index is -4.51. The smallest absolute Gasteiger partial charge is 0.726 e. The average Bonchev–Trinajstić information content (AvgIpc) is 2.49. The molecule has 0 aliphatic heterocycles. The summed E-state index contributed by atoms with van der Waals surface area (Å²) in [6, 6.07) is 0. The van der Waals surface area contributed by atoms with Gasteiger partial charge in [-0.15, -0.1) is 0 Å². The van der Waals surface area contributed by atoms with Crippen molar-refractivity contribution in [2.24, 2.45) is 0 Å². The van der Waals surface area contributed by atoms with Crippen LogP contribution in [0.2, 0.25) is 0 Å². The maximum atomic E-state index is 10.2. The molecular weight excluding hydrogens is 335 g/mol. The van der Waals surface area contributed by atoms with Crippen LogP contribution in [-0.4, -0.2) is 19.6 Å². The first-order valence-corrected chi connectivity index (χ1v) is 10.6. The molecule has 0 unspecified atom stereocenters. The fourth-order valence-electron chi connectivity index (χ4n) is 2.51. The molecule has 0 aromatic carbocycles. The molecule has 4 nitrogen and oxygen atoms in total. The summed E-state index contributed by atoms with van der Waals surface area (Å²) in [7, 11) is -4.51. The summed E-state index contributed by atoms with van der Waals surface area (Å²) in [6.07, 6.45) is 21.4. The third-order valence-electron chi connectivity index (χ3n) is 3.88. The zero-order valence-electron chi connectivity index (χ0n) is 15.8. The maximum Gasteiger partial charge on any atom is 1.00 e. The molecule has 0 amide bonds. The third-order valence-corrected chi connectivity index (χ3v) is 4.34. The van der Waals surface area contributed by atoms with E-state index < -0.39 is 10.4 Å². The van der Waals surface area contributed by atoms with Gasteiger partial charge in [0.05, 0.1) is 6.61 Å². The second-order valence-electron chi connectivity index (χ2n) is 6.17. The van der Waals surface area contributed by atoms with E-state index in [0.29, 0.717) is 6.42 Å². The van der Waals surface area contributed by atoms with Gasteiger partial charge in [0.2, 0.25) is 10.4 Å². The first-order chi connectivity index (χ1) is 11.1. The molecule has 138 valence electrons. The largest absolute Gasteiger partial charge is 1.00 e. The molecule has 0 aliphatic rings. The van der Waals surface area contributed by atoms with Crippen LogP contribution in [0.1, 0.15) is 96.8 Å². The SMILES string of the molecule is CCCCCCCCCCC/C=C\CCCCCOS(=O)(=O)[O-].[Na+]. The van der Waals surface area contributed by atoms with Crippen LogP contribution in [0.15, 0.2) is 12.2 Å². The summed E-state index contributed by atoms with van der Waals surface area (Å²) >= 11 is 0. The molecule has 6 heteroatoms. The Hall–Kier alpha value is 0.610. The summed E-state index contributed by atoms with van der Waals surface area (Å²) in [5, 5.41) is 0. The Labute approximate surface area is 172 Å². The zero-order valence-corrected chi connectivity index (χ0v) is 18.6. The van der Waals surface area contributed by atoms with E-state index in [9.17, 15) is 13.0 Å². The van der Waals surface area contributed by atoms with Crippen molar-refractivity contribution < 1.29 is 46.7 Å². The molecule has 0 aliphatic carbocycles. The predicted octanol–water partition coefficient (Wildman–Crippen LogP) is 2.50. The van der Waals surface area contributed by atoms with Gasteiger partial charge >= 0.3 is 29.6 Å². The van der Waals surface area contributed by atoms with Gasteiger partial charge in [0, 0.05) is 0 Å². The molecule has 0 aromatic rings. The van der Waals surface area contributed by atoms with Crippen molar-refractivity contribution >= 4 is 10.4 Å². The minimum Gasteiger partial charge on any atom is -0.726 e. The number of unbranched alkanes of at least 4 members (excludes halogenated alkanes) is 12. The quantitative estimate of drug-likeness (QED) is 0.130. The summed E-state index contributed by atoms with van der Waals surface area (Å²) in [6.45, 7) is 2.26. The Bertz CT molecular complexity index is 369. The molecule has 0 rings (SSSR count). The third kappa shape index (κ3) is 24.9. The first-order valence-electron chi connectivity index (χ1n) is 9.31. The molecule has 0 saturated heterocycles. The minimum absolute atomic E-state index is 0. The van der Waals surface area contributed by atoms with Crippen LogP contribution in [0.4, 0.5) is 0 Å². The molecule has 0 heterocycles. The van der Waals surface area contributed by atoms with Crippen molar-refractivity contribution in [2.45, 2.75) is 96.8 Å². The second-order valence-corrected chi connectivity index (χ2v) is 7.22. The van der Waals surface area contributed by atoms with E-state index in [4.69, 9.17) is 0 Å². The number of rotatable bonds is 17. The molecule has 24 heavy (non-hydrogen) atoms. The fraction of sp³-hybridized carbons (Fsp3) is 0.889. The molecule has 0 atom stereocenters. The van der Waals surface area contributed by atoms with Gasteiger partial charge in [0.15, 0.2) is 0 Å². The van der Waals surface area contributed by atoms with E-state index in [1.807, 2.05) is 0 Å². The van der Waals surface area contributed by atoms with Crippen LogP contribution in [0, 0.1) is 0 Å². The van der Waals surface area contributed by atoms with Crippen molar-refractivity contribution in [3.05, 3.63) is 12.2 Å². The number of hydrogen-bond donors (Lipinski definition) is 0. The van der Waals surface area contributed by atoms with Crippen molar-refractivity contribution in [3.8, 4) is 0 Å². The number of allylic oxidation sites excluding steroid dienone is 2. The van der Waals surface area contributed by atoms with Gasteiger partial charge < -0.3 is 4.55 Å². The second kappa shape index (κ2) is 19.9. The fourth-order valence-corrected chi connectivity index (χ4v) is 2.83. The molecule has 0 fully saturated rings. The van der Waals surface area contributed by atoms with Gasteiger partial charge in [-0.3, -0.25) is 4.18 Å². The van der Waals surface area contributed by atoms with Gasteiger partial charge in [-0.05, 0) is 32.1 Å². The van der Waals surface area contributed by atoms with Crippen molar-refractivity contribution in [1.29, 1.82) is 0 Å². The predicted molar refractivity (Wildman–Crippen MR) is 95.1 cm³/mol. The van der Waals surface area contributed by atoms with Crippen LogP contribution in [-0.2, 0) is 14.6 Å². The summed E-state index contributed by atoms with van der Waals surface area (Å²) < 4.78 is 34.8. The van der Waals surface area contributed by atoms with E-state index in [1.54, 1.807) is 0 Å². The van der Waals surface area contributed by atoms with Crippen LogP contribution in [0.25, 0.3) is 0 Å². The monoisotopic (exact) mass is 370 g/mol. The van der Waals surface area contributed by atoms with Crippen molar-refractivity contribution in [3.63, 3.8) is 0 Å². The Balaban J connectivity index is 0. The average molecular weight is 371 g/mol. The van der Waals surface area contributed by atoms with Gasteiger partial charge in [-0.25, -0.2) is 8.42 Å². The Kier molecular flexibility index (Phi) is 22.3. The Morgan fingerprint density at radius 1 is 0.750 bits per heavy atom. The van der Waals surface area contributed by atoms with Gasteiger partial charge in [-0.1, -0.05) is 76.9 Å². The topological polar surface area (TPSA) is 66.4 Å². The molecule has 0 spiro atoms. The molecule has 0 N–H and O–H groups in total. The molecule has 0 aromatic heterocycles. The van der Waals surface area contributed by atoms with Crippen LogP contribution < -0.4 is 29.6 Å². The van der Waals surface area contributed by atoms with Crippen molar-refractivity contribution in [1.82, 2.24) is 0 Å². The summed E-state index contributed by atoms with van der Waals surface area (Å²) in [5.41, 5.74) is 0. The molecule has 0 radical (unpaired) electrons. The summed E-state index contributed by atoms with van der Waals surface area (Å²) in [4.78, 5) is 0. The number of hydrogen-bond acceptors (Lipinski definition) is 4. The van der Waals surface area contributed by atoms with E-state index in [2.05, 4.69) is 23.3 Å². The van der Waals surface area contributed by atoms with E-state index in [1.165, 1.54) is 57.8 Å². The maximum absolute atomic E-state index is 10.2. The standard InChI is InChI=1S/C18H36O4S.Na/c1-2-3-4-5-6-7-8-9-10-11-12-13-14-15-16-17-18-22-23(19,20)21;/h12-13H,2-11,14-18H2,1H3,(H,19,20,21);/q;+1/p-1/b13-12-;. The van der Waals surface area contributed by atoms with Gasteiger partial charge in [-0.2, -0.15) is 0 Å². The normalized spacial score (nSPS) is 11.8.